The third kappa shape index (κ3) is 6.90. The number of rotatable bonds is 9. The van der Waals surface area contributed by atoms with Crippen LogP contribution < -0.4 is 4.74 Å². The molecule has 1 rings (SSSR count). The van der Waals surface area contributed by atoms with Crippen LogP contribution in [0, 0.1) is 0 Å². The number of halogens is 1. The van der Waals surface area contributed by atoms with Gasteiger partial charge in [0.2, 0.25) is 0 Å². The van der Waals surface area contributed by atoms with Crippen molar-refractivity contribution < 1.29 is 28.6 Å². The Morgan fingerprint density at radius 2 is 1.89 bits per heavy atom. The highest BCUT2D eigenvalue weighted by atomic mass is 35.5. The van der Waals surface area contributed by atoms with E-state index in [0.29, 0.717) is 22.9 Å². The van der Waals surface area contributed by atoms with Gasteiger partial charge in [0.05, 0.1) is 26.9 Å². The van der Waals surface area contributed by atoms with Crippen molar-refractivity contribution in [3.05, 3.63) is 28.8 Å². The molecule has 0 saturated heterocycles. The van der Waals surface area contributed by atoms with Crippen LogP contribution in [0.2, 0.25) is 5.02 Å². The highest BCUT2D eigenvalue weighted by Gasteiger charge is 2.22. The van der Waals surface area contributed by atoms with E-state index >= 15 is 0 Å². The molecule has 148 valence electrons. The molecule has 0 saturated carbocycles. The molecular formula is C18H23ClN2O6. The lowest BCUT2D eigenvalue weighted by atomic mass is 10.2. The van der Waals surface area contributed by atoms with E-state index < -0.39 is 24.3 Å². The summed E-state index contributed by atoms with van der Waals surface area (Å²) in [7, 11) is 1.17. The van der Waals surface area contributed by atoms with Gasteiger partial charge in [0.15, 0.2) is 0 Å². The predicted molar refractivity (Wildman–Crippen MR) is 99.5 cm³/mol. The minimum Gasteiger partial charge on any atom is -0.493 e. The summed E-state index contributed by atoms with van der Waals surface area (Å²) in [6.07, 6.45) is -0.537. The van der Waals surface area contributed by atoms with Crippen molar-refractivity contribution in [2.45, 2.75) is 33.7 Å². The molecule has 0 fully saturated rings. The first-order chi connectivity index (χ1) is 12.8. The Bertz CT molecular complexity index is 720. The Hall–Kier alpha value is -2.61. The van der Waals surface area contributed by atoms with E-state index in [-0.39, 0.29) is 18.9 Å². The molecule has 0 aliphatic carbocycles. The van der Waals surface area contributed by atoms with E-state index in [1.807, 2.05) is 6.92 Å². The molecule has 0 atom stereocenters. The highest BCUT2D eigenvalue weighted by Crippen LogP contribution is 2.28. The molecule has 27 heavy (non-hydrogen) atoms. The van der Waals surface area contributed by atoms with Crippen LogP contribution in [0.25, 0.3) is 0 Å². The van der Waals surface area contributed by atoms with Crippen LogP contribution in [0.3, 0.4) is 0 Å². The second-order valence-corrected chi connectivity index (χ2v) is 5.67. The number of carbonyl (C=O) groups is 3. The predicted octanol–water partition coefficient (Wildman–Crippen LogP) is 2.57. The van der Waals surface area contributed by atoms with Crippen molar-refractivity contribution in [2.24, 2.45) is 5.10 Å². The molecule has 0 aliphatic rings. The van der Waals surface area contributed by atoms with E-state index in [0.717, 1.165) is 5.01 Å². The molecule has 0 aromatic heterocycles. The maximum absolute atomic E-state index is 12.5. The fourth-order valence-electron chi connectivity index (χ4n) is 2.06. The average Bonchev–Trinajstić information content (AvgIpc) is 2.63. The van der Waals surface area contributed by atoms with Crippen molar-refractivity contribution in [3.63, 3.8) is 0 Å². The van der Waals surface area contributed by atoms with Gasteiger partial charge >= 0.3 is 11.9 Å². The summed E-state index contributed by atoms with van der Waals surface area (Å²) < 4.78 is 14.9. The Kier molecular flexibility index (Phi) is 9.29. The maximum Gasteiger partial charge on any atom is 0.354 e. The minimum absolute atomic E-state index is 0.0416. The molecule has 0 radical (unpaired) electrons. The molecule has 9 heteroatoms. The summed E-state index contributed by atoms with van der Waals surface area (Å²) >= 11 is 6.25. The molecule has 8 nitrogen and oxygen atoms in total. The van der Waals surface area contributed by atoms with E-state index in [9.17, 15) is 14.4 Å². The Labute approximate surface area is 163 Å². The van der Waals surface area contributed by atoms with Gasteiger partial charge < -0.3 is 14.2 Å². The zero-order chi connectivity index (χ0) is 20.4. The smallest absolute Gasteiger partial charge is 0.354 e. The Morgan fingerprint density at radius 3 is 2.48 bits per heavy atom. The molecule has 0 spiro atoms. The number of methoxy groups -OCH3 is 1. The van der Waals surface area contributed by atoms with Crippen LogP contribution in [-0.4, -0.2) is 48.9 Å². The quantitative estimate of drug-likeness (QED) is 0.274. The standard InChI is InChI=1S/C18H23ClN2O6/c1-5-26-15-9-7-8-14(19)13(15)11-21(16(22)10-17(23)25-4)20-12(3)18(24)27-6-2/h7-9H,5-6,10-11H2,1-4H3/b20-12-. The SMILES string of the molecule is CCOC(=O)/C(C)=N\N(Cc1c(Cl)cccc1OCC)C(=O)CC(=O)OC. The van der Waals surface area contributed by atoms with Crippen LogP contribution in [0.1, 0.15) is 32.8 Å². The van der Waals surface area contributed by atoms with Gasteiger partial charge in [0, 0.05) is 10.6 Å². The van der Waals surface area contributed by atoms with E-state index in [4.69, 9.17) is 21.1 Å². The lowest BCUT2D eigenvalue weighted by molar-refractivity contribution is -0.147. The topological polar surface area (TPSA) is 94.5 Å². The first kappa shape index (κ1) is 22.4. The second-order valence-electron chi connectivity index (χ2n) is 5.26. The number of benzene rings is 1. The number of amides is 1. The van der Waals surface area contributed by atoms with E-state index in [2.05, 4.69) is 9.84 Å². The number of hydrogen-bond donors (Lipinski definition) is 0. The van der Waals surface area contributed by atoms with Gasteiger partial charge in [-0.1, -0.05) is 17.7 Å². The molecule has 1 aromatic rings. The van der Waals surface area contributed by atoms with Crippen molar-refractivity contribution in [1.82, 2.24) is 5.01 Å². The van der Waals surface area contributed by atoms with Gasteiger partial charge in [-0.15, -0.1) is 0 Å². The molecule has 0 N–H and O–H groups in total. The molecule has 0 heterocycles. The number of hydrogen-bond acceptors (Lipinski definition) is 7. The van der Waals surface area contributed by atoms with E-state index in [1.54, 1.807) is 25.1 Å². The van der Waals surface area contributed by atoms with Crippen molar-refractivity contribution in [1.29, 1.82) is 0 Å². The zero-order valence-electron chi connectivity index (χ0n) is 15.8. The van der Waals surface area contributed by atoms with Gasteiger partial charge in [-0.25, -0.2) is 9.80 Å². The summed E-state index contributed by atoms with van der Waals surface area (Å²) in [4.78, 5) is 35.8. The normalized spacial score (nSPS) is 10.9. The summed E-state index contributed by atoms with van der Waals surface area (Å²) in [6.45, 7) is 5.35. The number of nitrogens with zero attached hydrogens (tertiary/aromatic N) is 2. The Morgan fingerprint density at radius 1 is 1.19 bits per heavy atom. The van der Waals surface area contributed by atoms with Gasteiger partial charge in [-0.3, -0.25) is 9.59 Å². The number of esters is 2. The molecule has 1 amide bonds. The summed E-state index contributed by atoms with van der Waals surface area (Å²) in [5, 5.41) is 5.36. The van der Waals surface area contributed by atoms with Crippen LogP contribution in [0.5, 0.6) is 5.75 Å². The summed E-state index contributed by atoms with van der Waals surface area (Å²) in [6, 6.07) is 5.06. The highest BCUT2D eigenvalue weighted by molar-refractivity contribution is 6.35. The van der Waals surface area contributed by atoms with Gasteiger partial charge in [0.25, 0.3) is 5.91 Å². The van der Waals surface area contributed by atoms with Gasteiger partial charge in [-0.05, 0) is 32.9 Å². The monoisotopic (exact) mass is 398 g/mol. The first-order valence-corrected chi connectivity index (χ1v) is 8.71. The maximum atomic E-state index is 12.5. The third-order valence-corrected chi connectivity index (χ3v) is 3.69. The second kappa shape index (κ2) is 11.2. The van der Waals surface area contributed by atoms with Gasteiger partial charge in [0.1, 0.15) is 17.9 Å². The van der Waals surface area contributed by atoms with E-state index in [1.165, 1.54) is 14.0 Å². The minimum atomic E-state index is -0.724. The Balaban J connectivity index is 3.22. The fourth-order valence-corrected chi connectivity index (χ4v) is 2.28. The summed E-state index contributed by atoms with van der Waals surface area (Å²) in [5.74, 6) is -1.58. The van der Waals surface area contributed by atoms with Crippen LogP contribution in [0.4, 0.5) is 0 Å². The van der Waals surface area contributed by atoms with Crippen molar-refractivity contribution in [2.75, 3.05) is 20.3 Å². The van der Waals surface area contributed by atoms with Crippen LogP contribution in [0.15, 0.2) is 23.3 Å². The molecule has 0 bridgehead atoms. The molecular weight excluding hydrogens is 376 g/mol. The van der Waals surface area contributed by atoms with Crippen LogP contribution >= 0.6 is 11.6 Å². The number of hydrazone groups is 1. The number of carbonyl (C=O) groups excluding carboxylic acids is 3. The fraction of sp³-hybridized carbons (Fsp3) is 0.444. The third-order valence-electron chi connectivity index (χ3n) is 3.34. The molecule has 0 unspecified atom stereocenters. The lowest BCUT2D eigenvalue weighted by Crippen LogP contribution is -2.30. The average molecular weight is 399 g/mol. The first-order valence-electron chi connectivity index (χ1n) is 8.33. The van der Waals surface area contributed by atoms with Crippen LogP contribution in [-0.2, 0) is 30.4 Å². The van der Waals surface area contributed by atoms with Crippen molar-refractivity contribution in [3.8, 4) is 5.75 Å². The van der Waals surface area contributed by atoms with Crippen molar-refractivity contribution >= 4 is 35.2 Å². The largest absolute Gasteiger partial charge is 0.493 e. The summed E-state index contributed by atoms with van der Waals surface area (Å²) in [5.41, 5.74) is 0.458. The zero-order valence-corrected chi connectivity index (χ0v) is 16.5. The lowest BCUT2D eigenvalue weighted by Gasteiger charge is -2.20. The van der Waals surface area contributed by atoms with Gasteiger partial charge in [-0.2, -0.15) is 5.10 Å². The molecule has 1 aromatic carbocycles. The number of ether oxygens (including phenoxy) is 3. The molecule has 0 aliphatic heterocycles.